The minimum absolute atomic E-state index is 0.00454. The van der Waals surface area contributed by atoms with Crippen molar-refractivity contribution in [1.82, 2.24) is 0 Å². The van der Waals surface area contributed by atoms with Gasteiger partial charge in [-0.25, -0.2) is 0 Å². The van der Waals surface area contributed by atoms with Crippen LogP contribution in [-0.4, -0.2) is 17.5 Å². The lowest BCUT2D eigenvalue weighted by atomic mass is 9.72. The Balaban J connectivity index is 1.85. The van der Waals surface area contributed by atoms with Crippen molar-refractivity contribution in [3.05, 3.63) is 22.9 Å². The van der Waals surface area contributed by atoms with Gasteiger partial charge in [0.15, 0.2) is 0 Å². The summed E-state index contributed by atoms with van der Waals surface area (Å²) in [5.74, 6) is 7.28. The van der Waals surface area contributed by atoms with Gasteiger partial charge in [0, 0.05) is 23.3 Å². The van der Waals surface area contributed by atoms with Crippen LogP contribution in [0.3, 0.4) is 0 Å². The second-order valence-corrected chi connectivity index (χ2v) is 6.52. The lowest BCUT2D eigenvalue weighted by molar-refractivity contribution is 0.556. The van der Waals surface area contributed by atoms with Gasteiger partial charge in [-0.05, 0) is 55.9 Å². The van der Waals surface area contributed by atoms with Crippen molar-refractivity contribution in [2.45, 2.75) is 51.0 Å². The first-order valence-electron chi connectivity index (χ1n) is 8.07. The topological polar surface area (TPSA) is 62.2 Å². The monoisotopic (exact) mass is 279 g/mol. The van der Waals surface area contributed by atoms with E-state index in [1.54, 1.807) is 6.20 Å². The molecule has 1 fully saturated rings. The standard InChI is InChI=1S/C18H21N3/c19-10-14-15(20)6-3-7-16-17(14)12-4-1-2-5-13(12)18(21-16)11-8-9-11/h10-11,16-17,20H,1-2,4-6,8-9,19H2. The molecule has 2 unspecified atom stereocenters. The minimum atomic E-state index is -0.00454. The highest BCUT2D eigenvalue weighted by Gasteiger charge is 2.41. The number of dihydropyridines is 1. The van der Waals surface area contributed by atoms with Crippen molar-refractivity contribution in [3.8, 4) is 11.8 Å². The molecule has 0 aromatic rings. The number of hydrogen-bond acceptors (Lipinski definition) is 3. The summed E-state index contributed by atoms with van der Waals surface area (Å²) < 4.78 is 0. The fourth-order valence-electron chi connectivity index (χ4n) is 3.98. The van der Waals surface area contributed by atoms with Gasteiger partial charge in [0.25, 0.3) is 0 Å². The Morgan fingerprint density at radius 1 is 1.24 bits per heavy atom. The molecule has 0 radical (unpaired) electrons. The largest absolute Gasteiger partial charge is 0.404 e. The number of hydrogen-bond donors (Lipinski definition) is 2. The molecule has 1 heterocycles. The highest BCUT2D eigenvalue weighted by Crippen LogP contribution is 2.46. The summed E-state index contributed by atoms with van der Waals surface area (Å²) in [6, 6.07) is -0.00454. The number of fused-ring (bicyclic) bond motifs is 2. The maximum Gasteiger partial charge on any atom is 0.121 e. The Kier molecular flexibility index (Phi) is 2.99. The first-order chi connectivity index (χ1) is 10.3. The summed E-state index contributed by atoms with van der Waals surface area (Å²) in [4.78, 5) is 5.03. The first kappa shape index (κ1) is 12.9. The van der Waals surface area contributed by atoms with Crippen LogP contribution in [-0.2, 0) is 0 Å². The van der Waals surface area contributed by atoms with Crippen LogP contribution in [0.5, 0.6) is 0 Å². The van der Waals surface area contributed by atoms with Gasteiger partial charge in [-0.2, -0.15) is 0 Å². The van der Waals surface area contributed by atoms with E-state index in [1.165, 1.54) is 42.5 Å². The van der Waals surface area contributed by atoms with Gasteiger partial charge in [0.2, 0.25) is 0 Å². The lowest BCUT2D eigenvalue weighted by Crippen LogP contribution is -2.33. The molecule has 1 saturated carbocycles. The third-order valence-electron chi connectivity index (χ3n) is 5.13. The van der Waals surface area contributed by atoms with Gasteiger partial charge in [0.1, 0.15) is 6.04 Å². The second kappa shape index (κ2) is 4.87. The van der Waals surface area contributed by atoms with Crippen LogP contribution >= 0.6 is 0 Å². The molecule has 0 aromatic carbocycles. The molecule has 4 aliphatic rings. The molecular weight excluding hydrogens is 258 g/mol. The highest BCUT2D eigenvalue weighted by molar-refractivity contribution is 6.07. The number of aliphatic imine (C=N–C) groups is 1. The number of rotatable bonds is 1. The van der Waals surface area contributed by atoms with E-state index < -0.39 is 0 Å². The number of nitrogens with zero attached hydrogens (tertiary/aromatic N) is 1. The van der Waals surface area contributed by atoms with Crippen LogP contribution in [0.2, 0.25) is 0 Å². The molecule has 4 rings (SSSR count). The average Bonchev–Trinajstić information content (AvgIpc) is 3.33. The van der Waals surface area contributed by atoms with Gasteiger partial charge >= 0.3 is 0 Å². The zero-order valence-electron chi connectivity index (χ0n) is 12.3. The Morgan fingerprint density at radius 2 is 2.05 bits per heavy atom. The van der Waals surface area contributed by atoms with Crippen LogP contribution < -0.4 is 5.73 Å². The summed E-state index contributed by atoms with van der Waals surface area (Å²) in [7, 11) is 0. The van der Waals surface area contributed by atoms with Crippen molar-refractivity contribution in [3.63, 3.8) is 0 Å². The third-order valence-corrected chi connectivity index (χ3v) is 5.13. The molecule has 0 bridgehead atoms. The fraction of sp³-hybridized carbons (Fsp3) is 0.556. The summed E-state index contributed by atoms with van der Waals surface area (Å²) in [6.07, 6.45) is 9.52. The number of nitrogens with two attached hydrogens (primary N) is 1. The minimum Gasteiger partial charge on any atom is -0.404 e. The predicted octanol–water partition coefficient (Wildman–Crippen LogP) is 2.98. The molecule has 0 saturated heterocycles. The summed E-state index contributed by atoms with van der Waals surface area (Å²) >= 11 is 0. The van der Waals surface area contributed by atoms with Crippen LogP contribution in [0.1, 0.15) is 44.9 Å². The molecule has 0 aromatic heterocycles. The van der Waals surface area contributed by atoms with E-state index in [0.29, 0.717) is 18.1 Å². The molecule has 0 amide bonds. The van der Waals surface area contributed by atoms with Gasteiger partial charge < -0.3 is 11.1 Å². The zero-order chi connectivity index (χ0) is 14.4. The summed E-state index contributed by atoms with van der Waals surface area (Å²) in [6.45, 7) is 0. The Bertz CT molecular complexity index is 650. The van der Waals surface area contributed by atoms with Gasteiger partial charge in [-0.3, -0.25) is 4.99 Å². The summed E-state index contributed by atoms with van der Waals surface area (Å²) in [5, 5.41) is 8.24. The molecule has 3 heteroatoms. The van der Waals surface area contributed by atoms with Gasteiger partial charge in [-0.15, -0.1) is 0 Å². The normalized spacial score (nSPS) is 33.6. The SMILES string of the molecule is N=C1CC#CC2N=C(C3CC3)C3=C(CCCC3)C2C1=CN. The van der Waals surface area contributed by atoms with Crippen LogP contribution in [0.15, 0.2) is 27.9 Å². The summed E-state index contributed by atoms with van der Waals surface area (Å²) in [5.41, 5.74) is 11.8. The quantitative estimate of drug-likeness (QED) is 0.712. The van der Waals surface area contributed by atoms with Crippen molar-refractivity contribution >= 4 is 11.4 Å². The van der Waals surface area contributed by atoms with E-state index in [2.05, 4.69) is 11.8 Å². The molecule has 21 heavy (non-hydrogen) atoms. The van der Waals surface area contributed by atoms with E-state index in [9.17, 15) is 0 Å². The predicted molar refractivity (Wildman–Crippen MR) is 85.3 cm³/mol. The zero-order valence-corrected chi connectivity index (χ0v) is 12.3. The van der Waals surface area contributed by atoms with E-state index in [0.717, 1.165) is 18.4 Å². The van der Waals surface area contributed by atoms with Gasteiger partial charge in [-0.1, -0.05) is 17.4 Å². The van der Waals surface area contributed by atoms with E-state index in [-0.39, 0.29) is 12.0 Å². The maximum atomic E-state index is 8.24. The van der Waals surface area contributed by atoms with Crippen molar-refractivity contribution in [2.24, 2.45) is 22.6 Å². The smallest absolute Gasteiger partial charge is 0.121 e. The molecule has 3 N–H and O–H groups in total. The fourth-order valence-corrected chi connectivity index (χ4v) is 3.98. The van der Waals surface area contributed by atoms with Crippen LogP contribution in [0.25, 0.3) is 0 Å². The molecule has 3 aliphatic carbocycles. The van der Waals surface area contributed by atoms with E-state index in [4.69, 9.17) is 16.1 Å². The van der Waals surface area contributed by atoms with E-state index in [1.807, 2.05) is 0 Å². The van der Waals surface area contributed by atoms with E-state index >= 15 is 0 Å². The Labute approximate surface area is 125 Å². The molecular formula is C18H21N3. The number of nitrogens with one attached hydrogen (secondary N) is 1. The Hall–Kier alpha value is -1.82. The van der Waals surface area contributed by atoms with Crippen molar-refractivity contribution in [2.75, 3.05) is 0 Å². The number of allylic oxidation sites excluding steroid dienone is 1. The maximum absolute atomic E-state index is 8.24. The third kappa shape index (κ3) is 2.05. The molecule has 108 valence electrons. The Morgan fingerprint density at radius 3 is 2.81 bits per heavy atom. The molecule has 2 atom stereocenters. The molecule has 0 spiro atoms. The van der Waals surface area contributed by atoms with Crippen molar-refractivity contribution < 1.29 is 0 Å². The molecule has 3 nitrogen and oxygen atoms in total. The van der Waals surface area contributed by atoms with Gasteiger partial charge in [0.05, 0.1) is 6.42 Å². The average molecular weight is 279 g/mol. The van der Waals surface area contributed by atoms with Crippen LogP contribution in [0.4, 0.5) is 0 Å². The van der Waals surface area contributed by atoms with Crippen LogP contribution in [0, 0.1) is 29.1 Å². The molecule has 1 aliphatic heterocycles. The second-order valence-electron chi connectivity index (χ2n) is 6.52. The highest BCUT2D eigenvalue weighted by atomic mass is 14.8. The lowest BCUT2D eigenvalue weighted by Gasteiger charge is -2.35. The first-order valence-corrected chi connectivity index (χ1v) is 8.07. The van der Waals surface area contributed by atoms with Crippen molar-refractivity contribution in [1.29, 1.82) is 5.41 Å².